The summed E-state index contributed by atoms with van der Waals surface area (Å²) in [5.74, 6) is -3.16. The van der Waals surface area contributed by atoms with Gasteiger partial charge in [-0.1, -0.05) is 20.8 Å². The predicted molar refractivity (Wildman–Crippen MR) is 29.8 cm³/mol. The average Bonchev–Trinajstić information content (AvgIpc) is 1.67. The Morgan fingerprint density at radius 2 is 1.75 bits per heavy atom. The Kier molecular flexibility index (Phi) is 2.38. The molecule has 0 amide bonds. The first kappa shape index (κ1) is 7.86. The van der Waals surface area contributed by atoms with E-state index in [2.05, 4.69) is 0 Å². The molecule has 49 valence electrons. The van der Waals surface area contributed by atoms with Crippen LogP contribution in [0.25, 0.3) is 0 Å². The van der Waals surface area contributed by atoms with Crippen LogP contribution < -0.4 is 0 Å². The Hall–Kier alpha value is -0.140. The fraction of sp³-hybridized carbons (Fsp3) is 0.833. The molecule has 8 heavy (non-hydrogen) atoms. The van der Waals surface area contributed by atoms with Crippen LogP contribution in [0.3, 0.4) is 0 Å². The van der Waals surface area contributed by atoms with Gasteiger partial charge in [0.05, 0.1) is 0 Å². The second-order valence-electron chi connectivity index (χ2n) is 2.12. The Balaban J connectivity index is 3.71. The zero-order valence-electron chi connectivity index (χ0n) is 5.41. The summed E-state index contributed by atoms with van der Waals surface area (Å²) in [6.07, 6.45) is 0.928. The van der Waals surface area contributed by atoms with E-state index in [0.29, 0.717) is 0 Å². The van der Waals surface area contributed by atoms with Gasteiger partial charge in [-0.2, -0.15) is 0 Å². The second kappa shape index (κ2) is 2.42. The molecule has 0 atom stereocenters. The maximum Gasteiger partial charge on any atom is 0.253 e. The standard InChI is InChI=1S/C6H11F2/c1-4-6(7,8)5(2)3/h4-5H,1-3H3. The highest BCUT2D eigenvalue weighted by molar-refractivity contribution is 4.82. The normalized spacial score (nSPS) is 12.8. The molecule has 0 aromatic heterocycles. The molecule has 0 heterocycles. The van der Waals surface area contributed by atoms with E-state index in [1.54, 1.807) is 0 Å². The molecular weight excluding hydrogens is 110 g/mol. The van der Waals surface area contributed by atoms with Crippen LogP contribution in [0.1, 0.15) is 20.8 Å². The van der Waals surface area contributed by atoms with Crippen LogP contribution in [-0.2, 0) is 0 Å². The van der Waals surface area contributed by atoms with E-state index >= 15 is 0 Å². The van der Waals surface area contributed by atoms with Gasteiger partial charge in [-0.15, -0.1) is 0 Å². The summed E-state index contributed by atoms with van der Waals surface area (Å²) in [5, 5.41) is 0. The van der Waals surface area contributed by atoms with Crippen LogP contribution in [0.2, 0.25) is 0 Å². The van der Waals surface area contributed by atoms with Crippen LogP contribution in [-0.4, -0.2) is 5.92 Å². The van der Waals surface area contributed by atoms with Crippen molar-refractivity contribution in [3.8, 4) is 0 Å². The number of halogens is 2. The summed E-state index contributed by atoms with van der Waals surface area (Å²) >= 11 is 0. The summed E-state index contributed by atoms with van der Waals surface area (Å²) in [6, 6.07) is 0. The first-order valence-corrected chi connectivity index (χ1v) is 2.69. The number of rotatable bonds is 2. The quantitative estimate of drug-likeness (QED) is 0.526. The summed E-state index contributed by atoms with van der Waals surface area (Å²) in [6.45, 7) is 4.38. The molecule has 0 N–H and O–H groups in total. The fourth-order valence-corrected chi connectivity index (χ4v) is 0.333. The highest BCUT2D eigenvalue weighted by Gasteiger charge is 2.30. The van der Waals surface area contributed by atoms with Crippen LogP contribution in [0.4, 0.5) is 8.78 Å². The zero-order chi connectivity index (χ0) is 6.78. The third-order valence-corrected chi connectivity index (χ3v) is 1.15. The lowest BCUT2D eigenvalue weighted by molar-refractivity contribution is -0.0103. The molecule has 0 fully saturated rings. The van der Waals surface area contributed by atoms with Crippen molar-refractivity contribution in [2.45, 2.75) is 26.7 Å². The summed E-state index contributed by atoms with van der Waals surface area (Å²) in [4.78, 5) is 0. The zero-order valence-corrected chi connectivity index (χ0v) is 5.41. The minimum Gasteiger partial charge on any atom is -0.206 e. The van der Waals surface area contributed by atoms with Crippen molar-refractivity contribution in [1.82, 2.24) is 0 Å². The molecule has 0 unspecified atom stereocenters. The highest BCUT2D eigenvalue weighted by Crippen LogP contribution is 2.25. The van der Waals surface area contributed by atoms with Gasteiger partial charge in [0, 0.05) is 12.3 Å². The molecule has 0 aliphatic carbocycles. The van der Waals surface area contributed by atoms with Gasteiger partial charge in [0.25, 0.3) is 5.92 Å². The third kappa shape index (κ3) is 1.76. The van der Waals surface area contributed by atoms with Crippen LogP contribution >= 0.6 is 0 Å². The Bertz CT molecular complexity index is 66.9. The number of hydrogen-bond donors (Lipinski definition) is 0. The third-order valence-electron chi connectivity index (χ3n) is 1.15. The molecule has 1 radical (unpaired) electrons. The molecular formula is C6H11F2. The lowest BCUT2D eigenvalue weighted by atomic mass is 10.0. The molecule has 0 saturated heterocycles. The van der Waals surface area contributed by atoms with Crippen LogP contribution in [0, 0.1) is 12.3 Å². The maximum atomic E-state index is 12.2. The van der Waals surface area contributed by atoms with Gasteiger partial charge in [-0.05, 0) is 0 Å². The molecule has 0 nitrogen and oxygen atoms in total. The van der Waals surface area contributed by atoms with Gasteiger partial charge in [0.1, 0.15) is 0 Å². The second-order valence-corrected chi connectivity index (χ2v) is 2.12. The molecule has 0 bridgehead atoms. The molecule has 0 aromatic rings. The summed E-state index contributed by atoms with van der Waals surface area (Å²) in [5.41, 5.74) is 0. The van der Waals surface area contributed by atoms with Crippen molar-refractivity contribution in [2.75, 3.05) is 0 Å². The van der Waals surface area contributed by atoms with Crippen LogP contribution in [0.15, 0.2) is 0 Å². The molecule has 2 heteroatoms. The smallest absolute Gasteiger partial charge is 0.206 e. The molecule has 0 spiro atoms. The van der Waals surface area contributed by atoms with E-state index in [1.165, 1.54) is 20.8 Å². The first-order valence-electron chi connectivity index (χ1n) is 2.69. The minimum atomic E-state index is -2.58. The van der Waals surface area contributed by atoms with Gasteiger partial charge in [-0.3, -0.25) is 0 Å². The van der Waals surface area contributed by atoms with Crippen molar-refractivity contribution in [1.29, 1.82) is 0 Å². The monoisotopic (exact) mass is 121 g/mol. The molecule has 0 saturated carbocycles. The van der Waals surface area contributed by atoms with E-state index in [0.717, 1.165) is 6.42 Å². The number of hydrogen-bond acceptors (Lipinski definition) is 0. The Labute approximate surface area is 48.9 Å². The van der Waals surface area contributed by atoms with E-state index in [1.807, 2.05) is 0 Å². The van der Waals surface area contributed by atoms with Crippen LogP contribution in [0.5, 0.6) is 0 Å². The molecule has 0 rings (SSSR count). The van der Waals surface area contributed by atoms with Crippen molar-refractivity contribution in [3.05, 3.63) is 6.42 Å². The van der Waals surface area contributed by atoms with Crippen molar-refractivity contribution < 1.29 is 8.78 Å². The SMILES string of the molecule is C[CH]C(F)(F)C(C)C. The van der Waals surface area contributed by atoms with Gasteiger partial charge >= 0.3 is 0 Å². The minimum absolute atomic E-state index is 0.576. The van der Waals surface area contributed by atoms with E-state index in [9.17, 15) is 8.78 Å². The van der Waals surface area contributed by atoms with E-state index < -0.39 is 11.8 Å². The van der Waals surface area contributed by atoms with Gasteiger partial charge in [0.2, 0.25) is 0 Å². The molecule has 0 aliphatic heterocycles. The molecule has 0 aromatic carbocycles. The lowest BCUT2D eigenvalue weighted by Crippen LogP contribution is -2.22. The van der Waals surface area contributed by atoms with Crippen molar-refractivity contribution in [2.24, 2.45) is 5.92 Å². The Morgan fingerprint density at radius 1 is 1.38 bits per heavy atom. The van der Waals surface area contributed by atoms with Gasteiger partial charge in [0.15, 0.2) is 0 Å². The first-order chi connectivity index (χ1) is 3.50. The fourth-order valence-electron chi connectivity index (χ4n) is 0.333. The van der Waals surface area contributed by atoms with Gasteiger partial charge < -0.3 is 0 Å². The Morgan fingerprint density at radius 3 is 1.75 bits per heavy atom. The van der Waals surface area contributed by atoms with Crippen molar-refractivity contribution >= 4 is 0 Å². The number of alkyl halides is 2. The highest BCUT2D eigenvalue weighted by atomic mass is 19.3. The van der Waals surface area contributed by atoms with Crippen molar-refractivity contribution in [3.63, 3.8) is 0 Å². The summed E-state index contributed by atoms with van der Waals surface area (Å²) < 4.78 is 24.4. The summed E-state index contributed by atoms with van der Waals surface area (Å²) in [7, 11) is 0. The van der Waals surface area contributed by atoms with Gasteiger partial charge in [-0.25, -0.2) is 8.78 Å². The topological polar surface area (TPSA) is 0 Å². The van der Waals surface area contributed by atoms with E-state index in [4.69, 9.17) is 0 Å². The average molecular weight is 121 g/mol. The largest absolute Gasteiger partial charge is 0.253 e. The predicted octanol–water partition coefficient (Wildman–Crippen LogP) is 2.50. The lowest BCUT2D eigenvalue weighted by Gasteiger charge is -2.16. The molecule has 0 aliphatic rings. The van der Waals surface area contributed by atoms with E-state index in [-0.39, 0.29) is 0 Å². The maximum absolute atomic E-state index is 12.2.